The maximum atomic E-state index is 12.1. The van der Waals surface area contributed by atoms with E-state index in [4.69, 9.17) is 4.74 Å². The highest BCUT2D eigenvalue weighted by molar-refractivity contribution is 7.91. The first kappa shape index (κ1) is 27.8. The van der Waals surface area contributed by atoms with Gasteiger partial charge < -0.3 is 19.9 Å². The molecule has 0 spiro atoms. The van der Waals surface area contributed by atoms with E-state index in [1.807, 2.05) is 16.7 Å². The first-order chi connectivity index (χ1) is 19.6. The van der Waals surface area contributed by atoms with Crippen LogP contribution in [0, 0.1) is 18.8 Å². The number of sulfone groups is 1. The van der Waals surface area contributed by atoms with Gasteiger partial charge in [-0.15, -0.1) is 0 Å². The van der Waals surface area contributed by atoms with Gasteiger partial charge >= 0.3 is 0 Å². The fraction of sp³-hybridized carbons (Fsp3) is 0.567. The number of carbonyl (C=O) groups is 1. The van der Waals surface area contributed by atoms with Crippen LogP contribution in [0.1, 0.15) is 62.3 Å². The lowest BCUT2D eigenvalue weighted by Crippen LogP contribution is -2.70. The number of benzene rings is 1. The SMILES string of the molecule is CC#CC(=O)N1CC(C)(N2CCC(c3cc(C)c4c(c3)Nc3ncnc(N5CCS(=O)(=O)CC5)c3[C@@H](C)O4)CC2)C1. The Kier molecular flexibility index (Phi) is 7.10. The summed E-state index contributed by atoms with van der Waals surface area (Å²) in [5.41, 5.74) is 4.13. The molecule has 6 rings (SSSR count). The lowest BCUT2D eigenvalue weighted by Gasteiger charge is -2.55. The normalized spacial score (nSPS) is 23.5. The number of fused-ring (bicyclic) bond motifs is 2. The molecule has 218 valence electrons. The molecule has 5 heterocycles. The van der Waals surface area contributed by atoms with Gasteiger partial charge in [0, 0.05) is 26.2 Å². The third-order valence-corrected chi connectivity index (χ3v) is 10.7. The molecule has 0 saturated carbocycles. The Morgan fingerprint density at radius 1 is 1.12 bits per heavy atom. The van der Waals surface area contributed by atoms with Crippen molar-refractivity contribution in [3.05, 3.63) is 35.2 Å². The number of carbonyl (C=O) groups excluding carboxylic acids is 1. The number of ether oxygens (including phenoxy) is 1. The number of anilines is 3. The summed E-state index contributed by atoms with van der Waals surface area (Å²) in [4.78, 5) is 27.7. The average molecular weight is 579 g/mol. The summed E-state index contributed by atoms with van der Waals surface area (Å²) in [6.07, 6.45) is 3.33. The van der Waals surface area contributed by atoms with Gasteiger partial charge in [-0.25, -0.2) is 18.4 Å². The Labute approximate surface area is 242 Å². The Bertz CT molecular complexity index is 1520. The zero-order valence-corrected chi connectivity index (χ0v) is 25.1. The average Bonchev–Trinajstić information content (AvgIpc) is 3.07. The van der Waals surface area contributed by atoms with E-state index in [1.165, 1.54) is 5.56 Å². The number of hydrogen-bond acceptors (Lipinski definition) is 9. The van der Waals surface area contributed by atoms with Crippen molar-refractivity contribution >= 4 is 33.1 Å². The van der Waals surface area contributed by atoms with Crippen LogP contribution in [0.5, 0.6) is 5.75 Å². The van der Waals surface area contributed by atoms with E-state index < -0.39 is 9.84 Å². The third-order valence-electron chi connectivity index (χ3n) is 9.07. The topological polar surface area (TPSA) is 108 Å². The minimum Gasteiger partial charge on any atom is -0.483 e. The van der Waals surface area contributed by atoms with Crippen molar-refractivity contribution in [1.82, 2.24) is 19.8 Å². The van der Waals surface area contributed by atoms with Gasteiger partial charge in [-0.2, -0.15) is 0 Å². The van der Waals surface area contributed by atoms with Crippen LogP contribution in [0.3, 0.4) is 0 Å². The van der Waals surface area contributed by atoms with Crippen LogP contribution >= 0.6 is 0 Å². The molecule has 0 unspecified atom stereocenters. The smallest absolute Gasteiger partial charge is 0.298 e. The Balaban J connectivity index is 1.18. The minimum absolute atomic E-state index is 0.0188. The number of nitrogens with one attached hydrogen (secondary N) is 1. The van der Waals surface area contributed by atoms with Crippen molar-refractivity contribution in [2.45, 2.75) is 58.1 Å². The van der Waals surface area contributed by atoms with E-state index in [0.717, 1.165) is 67.4 Å². The number of nitrogens with zero attached hydrogens (tertiary/aromatic N) is 5. The molecule has 3 fully saturated rings. The van der Waals surface area contributed by atoms with E-state index in [2.05, 4.69) is 58.0 Å². The summed E-state index contributed by atoms with van der Waals surface area (Å²) in [5, 5.41) is 3.55. The fourth-order valence-corrected chi connectivity index (χ4v) is 7.95. The van der Waals surface area contributed by atoms with Crippen molar-refractivity contribution in [1.29, 1.82) is 0 Å². The Morgan fingerprint density at radius 2 is 1.83 bits per heavy atom. The Hall–Kier alpha value is -3.36. The summed E-state index contributed by atoms with van der Waals surface area (Å²) in [5.74, 6) is 8.21. The van der Waals surface area contributed by atoms with Crippen molar-refractivity contribution in [2.24, 2.45) is 0 Å². The first-order valence-corrected chi connectivity index (χ1v) is 16.2. The number of aromatic nitrogens is 2. The third kappa shape index (κ3) is 5.24. The summed E-state index contributed by atoms with van der Waals surface area (Å²) in [6, 6.07) is 4.45. The molecule has 4 aliphatic heterocycles. The molecule has 2 aromatic rings. The van der Waals surface area contributed by atoms with Gasteiger partial charge in [-0.05, 0) is 82.7 Å². The van der Waals surface area contributed by atoms with Gasteiger partial charge in [0.1, 0.15) is 29.8 Å². The molecule has 1 N–H and O–H groups in total. The molecular weight excluding hydrogens is 540 g/mol. The molecule has 1 atom stereocenters. The second-order valence-corrected chi connectivity index (χ2v) is 14.3. The number of aryl methyl sites for hydroxylation is 1. The fourth-order valence-electron chi connectivity index (χ4n) is 6.74. The van der Waals surface area contributed by atoms with Crippen LogP contribution in [0.15, 0.2) is 18.5 Å². The molecule has 1 aromatic carbocycles. The maximum absolute atomic E-state index is 12.1. The molecule has 0 radical (unpaired) electrons. The number of likely N-dealkylation sites (tertiary alicyclic amines) is 2. The molecular formula is C30H38N6O4S. The highest BCUT2D eigenvalue weighted by Crippen LogP contribution is 2.45. The van der Waals surface area contributed by atoms with Gasteiger partial charge in [-0.1, -0.05) is 12.0 Å². The lowest BCUT2D eigenvalue weighted by molar-refractivity contribution is -0.139. The summed E-state index contributed by atoms with van der Waals surface area (Å²) < 4.78 is 30.5. The zero-order valence-electron chi connectivity index (χ0n) is 24.2. The molecule has 0 bridgehead atoms. The minimum atomic E-state index is -3.00. The summed E-state index contributed by atoms with van der Waals surface area (Å²) in [7, 11) is -3.00. The van der Waals surface area contributed by atoms with Gasteiger partial charge in [-0.3, -0.25) is 9.69 Å². The molecule has 41 heavy (non-hydrogen) atoms. The second kappa shape index (κ2) is 10.5. The summed E-state index contributed by atoms with van der Waals surface area (Å²) >= 11 is 0. The van der Waals surface area contributed by atoms with E-state index in [9.17, 15) is 13.2 Å². The molecule has 3 saturated heterocycles. The van der Waals surface area contributed by atoms with Crippen LogP contribution < -0.4 is 15.0 Å². The zero-order chi connectivity index (χ0) is 28.9. The number of hydrogen-bond donors (Lipinski definition) is 1. The van der Waals surface area contributed by atoms with Gasteiger partial charge in [0.15, 0.2) is 9.84 Å². The molecule has 1 aromatic heterocycles. The van der Waals surface area contributed by atoms with Crippen LogP contribution in [-0.2, 0) is 14.6 Å². The van der Waals surface area contributed by atoms with Gasteiger partial charge in [0.2, 0.25) is 0 Å². The van der Waals surface area contributed by atoms with Crippen LogP contribution in [0.4, 0.5) is 17.3 Å². The quantitative estimate of drug-likeness (QED) is 0.550. The van der Waals surface area contributed by atoms with Crippen LogP contribution in [0.2, 0.25) is 0 Å². The van der Waals surface area contributed by atoms with E-state index in [0.29, 0.717) is 24.8 Å². The maximum Gasteiger partial charge on any atom is 0.298 e. The monoisotopic (exact) mass is 578 g/mol. The molecule has 1 amide bonds. The molecule has 10 nitrogen and oxygen atoms in total. The van der Waals surface area contributed by atoms with Gasteiger partial charge in [0.25, 0.3) is 5.91 Å². The second-order valence-electron chi connectivity index (χ2n) is 12.0. The Morgan fingerprint density at radius 3 is 2.51 bits per heavy atom. The molecule has 11 heteroatoms. The van der Waals surface area contributed by atoms with E-state index >= 15 is 0 Å². The number of piperidine rings is 1. The van der Waals surface area contributed by atoms with Crippen molar-refractivity contribution in [3.63, 3.8) is 0 Å². The predicted molar refractivity (Wildman–Crippen MR) is 158 cm³/mol. The lowest BCUT2D eigenvalue weighted by atomic mass is 9.83. The van der Waals surface area contributed by atoms with Crippen LogP contribution in [0.25, 0.3) is 0 Å². The molecule has 0 aliphatic carbocycles. The number of rotatable bonds is 3. The highest BCUT2D eigenvalue weighted by atomic mass is 32.2. The van der Waals surface area contributed by atoms with Crippen LogP contribution in [-0.4, -0.2) is 90.4 Å². The standard InChI is InChI=1S/C30H38N6O4S/c1-5-6-25(37)35-17-30(4,18-35)36-9-7-22(8-10-36)23-15-20(2)27-24(16-23)33-28-26(21(3)40-27)29(32-19-31-28)34-11-13-41(38,39)14-12-34/h15-16,19,21-22H,7-14,17-18H2,1-4H3,(H,31,32,33)/t21-/m1/s1. The van der Waals surface area contributed by atoms with Crippen molar-refractivity contribution < 1.29 is 17.9 Å². The van der Waals surface area contributed by atoms with E-state index in [-0.39, 0.29) is 29.1 Å². The molecule has 4 aliphatic rings. The summed E-state index contributed by atoms with van der Waals surface area (Å²) in [6.45, 7) is 12.3. The largest absolute Gasteiger partial charge is 0.483 e. The van der Waals surface area contributed by atoms with E-state index in [1.54, 1.807) is 13.3 Å². The predicted octanol–water partition coefficient (Wildman–Crippen LogP) is 3.02. The number of amides is 1. The van der Waals surface area contributed by atoms with Gasteiger partial charge in [0.05, 0.1) is 28.3 Å². The van der Waals surface area contributed by atoms with Crippen molar-refractivity contribution in [3.8, 4) is 17.6 Å². The highest BCUT2D eigenvalue weighted by Gasteiger charge is 2.46. The first-order valence-electron chi connectivity index (χ1n) is 14.4. The van der Waals surface area contributed by atoms with Crippen molar-refractivity contribution in [2.75, 3.05) is 61.0 Å².